The third-order valence-electron chi connectivity index (χ3n) is 3.03. The molecule has 0 saturated heterocycles. The van der Waals surface area contributed by atoms with Gasteiger partial charge in [0.1, 0.15) is 0 Å². The third kappa shape index (κ3) is 5.09. The highest BCUT2D eigenvalue weighted by Crippen LogP contribution is 2.17. The standard InChI is InChI=1S/C14H24N2O2S2/c1-4-12-6-7-14(10-13(12)11-15-5-2)20(17,18)16-8-9-19-3/h6-7,10,15-16H,4-5,8-9,11H2,1-3H3. The summed E-state index contributed by atoms with van der Waals surface area (Å²) in [5.74, 6) is 0.774. The van der Waals surface area contributed by atoms with Gasteiger partial charge in [-0.05, 0) is 42.5 Å². The Morgan fingerprint density at radius 2 is 1.95 bits per heavy atom. The minimum Gasteiger partial charge on any atom is -0.313 e. The van der Waals surface area contributed by atoms with Crippen LogP contribution in [-0.4, -0.2) is 33.5 Å². The van der Waals surface area contributed by atoms with E-state index in [1.54, 1.807) is 23.9 Å². The summed E-state index contributed by atoms with van der Waals surface area (Å²) in [6, 6.07) is 5.38. The Labute approximate surface area is 126 Å². The fourth-order valence-electron chi connectivity index (χ4n) is 1.90. The summed E-state index contributed by atoms with van der Waals surface area (Å²) in [6.45, 7) is 6.15. The minimum atomic E-state index is -3.40. The van der Waals surface area contributed by atoms with Crippen molar-refractivity contribution in [1.82, 2.24) is 10.0 Å². The topological polar surface area (TPSA) is 58.2 Å². The van der Waals surface area contributed by atoms with Crippen molar-refractivity contribution in [2.45, 2.75) is 31.7 Å². The molecule has 0 spiro atoms. The fraction of sp³-hybridized carbons (Fsp3) is 0.571. The first kappa shape index (κ1) is 17.5. The Morgan fingerprint density at radius 3 is 2.55 bits per heavy atom. The summed E-state index contributed by atoms with van der Waals surface area (Å²) in [6.07, 6.45) is 2.86. The van der Waals surface area contributed by atoms with Gasteiger partial charge in [0, 0.05) is 18.8 Å². The van der Waals surface area contributed by atoms with Crippen LogP contribution < -0.4 is 10.0 Å². The van der Waals surface area contributed by atoms with Gasteiger partial charge in [-0.25, -0.2) is 13.1 Å². The fourth-order valence-corrected chi connectivity index (χ4v) is 3.42. The second kappa shape index (κ2) is 8.67. The first-order valence-corrected chi connectivity index (χ1v) is 9.74. The summed E-state index contributed by atoms with van der Waals surface area (Å²) in [5, 5.41) is 3.25. The first-order valence-electron chi connectivity index (χ1n) is 6.86. The van der Waals surface area contributed by atoms with E-state index in [1.165, 1.54) is 5.56 Å². The molecule has 0 aliphatic rings. The Bertz CT molecular complexity index is 516. The van der Waals surface area contributed by atoms with E-state index >= 15 is 0 Å². The van der Waals surface area contributed by atoms with Gasteiger partial charge in [-0.1, -0.05) is 19.9 Å². The molecule has 0 aliphatic carbocycles. The molecular formula is C14H24N2O2S2. The van der Waals surface area contributed by atoms with Crippen LogP contribution in [0.3, 0.4) is 0 Å². The van der Waals surface area contributed by atoms with Crippen LogP contribution in [0.1, 0.15) is 25.0 Å². The van der Waals surface area contributed by atoms with Gasteiger partial charge < -0.3 is 5.32 Å². The molecule has 114 valence electrons. The Hall–Kier alpha value is -0.560. The molecule has 0 aromatic heterocycles. The summed E-state index contributed by atoms with van der Waals surface area (Å²) in [4.78, 5) is 0.351. The quantitative estimate of drug-likeness (QED) is 0.684. The minimum absolute atomic E-state index is 0.351. The molecule has 0 bridgehead atoms. The molecule has 1 rings (SSSR count). The van der Waals surface area contributed by atoms with E-state index in [0.29, 0.717) is 18.0 Å². The van der Waals surface area contributed by atoms with Crippen LogP contribution in [0.15, 0.2) is 23.1 Å². The van der Waals surface area contributed by atoms with E-state index in [9.17, 15) is 8.42 Å². The summed E-state index contributed by atoms with van der Waals surface area (Å²) >= 11 is 1.62. The van der Waals surface area contributed by atoms with Gasteiger partial charge in [0.05, 0.1) is 4.90 Å². The number of hydrogen-bond acceptors (Lipinski definition) is 4. The van der Waals surface area contributed by atoms with Crippen molar-refractivity contribution < 1.29 is 8.42 Å². The lowest BCUT2D eigenvalue weighted by molar-refractivity contribution is 0.584. The molecule has 0 unspecified atom stereocenters. The number of benzene rings is 1. The van der Waals surface area contributed by atoms with Crippen LogP contribution in [0, 0.1) is 0 Å². The highest BCUT2D eigenvalue weighted by molar-refractivity contribution is 7.98. The number of hydrogen-bond donors (Lipinski definition) is 2. The van der Waals surface area contributed by atoms with Crippen LogP contribution in [0.4, 0.5) is 0 Å². The van der Waals surface area contributed by atoms with E-state index < -0.39 is 10.0 Å². The van der Waals surface area contributed by atoms with Crippen molar-refractivity contribution in [3.05, 3.63) is 29.3 Å². The van der Waals surface area contributed by atoms with Gasteiger partial charge in [-0.15, -0.1) is 0 Å². The lowest BCUT2D eigenvalue weighted by Crippen LogP contribution is -2.26. The van der Waals surface area contributed by atoms with E-state index in [2.05, 4.69) is 17.0 Å². The number of aryl methyl sites for hydroxylation is 1. The van der Waals surface area contributed by atoms with Crippen LogP contribution >= 0.6 is 11.8 Å². The lowest BCUT2D eigenvalue weighted by Gasteiger charge is -2.12. The van der Waals surface area contributed by atoms with Gasteiger partial charge in [0.15, 0.2) is 0 Å². The SMILES string of the molecule is CCNCc1cc(S(=O)(=O)NCCSC)ccc1CC. The van der Waals surface area contributed by atoms with Crippen LogP contribution in [0.5, 0.6) is 0 Å². The molecule has 0 amide bonds. The molecule has 0 fully saturated rings. The van der Waals surface area contributed by atoms with Crippen molar-refractivity contribution >= 4 is 21.8 Å². The largest absolute Gasteiger partial charge is 0.313 e. The zero-order chi connectivity index (χ0) is 15.0. The molecule has 20 heavy (non-hydrogen) atoms. The molecule has 0 saturated carbocycles. The second-order valence-electron chi connectivity index (χ2n) is 4.45. The Balaban J connectivity index is 2.94. The van der Waals surface area contributed by atoms with E-state index in [-0.39, 0.29) is 0 Å². The van der Waals surface area contributed by atoms with Crippen molar-refractivity contribution in [3.8, 4) is 0 Å². The zero-order valence-electron chi connectivity index (χ0n) is 12.4. The molecule has 0 radical (unpaired) electrons. The van der Waals surface area contributed by atoms with Crippen LogP contribution in [-0.2, 0) is 23.0 Å². The Kier molecular flexibility index (Phi) is 7.58. The summed E-state index contributed by atoms with van der Waals surface area (Å²) in [7, 11) is -3.40. The molecule has 6 heteroatoms. The van der Waals surface area contributed by atoms with Crippen LogP contribution in [0.2, 0.25) is 0 Å². The molecule has 4 nitrogen and oxygen atoms in total. The van der Waals surface area contributed by atoms with Gasteiger partial charge in [0.25, 0.3) is 0 Å². The third-order valence-corrected chi connectivity index (χ3v) is 5.10. The highest BCUT2D eigenvalue weighted by atomic mass is 32.2. The molecular weight excluding hydrogens is 292 g/mol. The average molecular weight is 316 g/mol. The number of nitrogens with one attached hydrogen (secondary N) is 2. The molecule has 0 aliphatic heterocycles. The van der Waals surface area contributed by atoms with Gasteiger partial charge in [-0.2, -0.15) is 11.8 Å². The molecule has 1 aromatic rings. The van der Waals surface area contributed by atoms with Crippen molar-refractivity contribution in [2.24, 2.45) is 0 Å². The number of thioether (sulfide) groups is 1. The number of sulfonamides is 1. The van der Waals surface area contributed by atoms with Crippen molar-refractivity contribution in [2.75, 3.05) is 25.1 Å². The smallest absolute Gasteiger partial charge is 0.240 e. The van der Waals surface area contributed by atoms with E-state index in [1.807, 2.05) is 19.2 Å². The van der Waals surface area contributed by atoms with Crippen molar-refractivity contribution in [3.63, 3.8) is 0 Å². The average Bonchev–Trinajstić information content (AvgIpc) is 2.44. The lowest BCUT2D eigenvalue weighted by atomic mass is 10.1. The zero-order valence-corrected chi connectivity index (χ0v) is 14.0. The van der Waals surface area contributed by atoms with E-state index in [4.69, 9.17) is 0 Å². The van der Waals surface area contributed by atoms with Crippen molar-refractivity contribution in [1.29, 1.82) is 0 Å². The second-order valence-corrected chi connectivity index (χ2v) is 7.21. The Morgan fingerprint density at radius 1 is 1.20 bits per heavy atom. The highest BCUT2D eigenvalue weighted by Gasteiger charge is 2.15. The maximum Gasteiger partial charge on any atom is 0.240 e. The van der Waals surface area contributed by atoms with Gasteiger partial charge >= 0.3 is 0 Å². The van der Waals surface area contributed by atoms with E-state index in [0.717, 1.165) is 24.3 Å². The normalized spacial score (nSPS) is 11.8. The maximum absolute atomic E-state index is 12.2. The summed E-state index contributed by atoms with van der Waals surface area (Å²) in [5.41, 5.74) is 2.25. The predicted octanol–water partition coefficient (Wildman–Crippen LogP) is 2.00. The predicted molar refractivity (Wildman–Crippen MR) is 86.8 cm³/mol. The van der Waals surface area contributed by atoms with Gasteiger partial charge in [-0.3, -0.25) is 0 Å². The molecule has 2 N–H and O–H groups in total. The number of rotatable bonds is 9. The molecule has 0 heterocycles. The molecule has 0 atom stereocenters. The first-order chi connectivity index (χ1) is 9.55. The maximum atomic E-state index is 12.2. The van der Waals surface area contributed by atoms with Crippen LogP contribution in [0.25, 0.3) is 0 Å². The summed E-state index contributed by atoms with van der Waals surface area (Å²) < 4.78 is 27.0. The molecule has 1 aromatic carbocycles. The monoisotopic (exact) mass is 316 g/mol. The van der Waals surface area contributed by atoms with Gasteiger partial charge in [0.2, 0.25) is 10.0 Å².